The molecule has 1 saturated carbocycles. The largest absolute Gasteiger partial charge is 0.322 e. The van der Waals surface area contributed by atoms with Gasteiger partial charge in [0.05, 0.1) is 4.90 Å². The molecule has 150 valence electrons. The van der Waals surface area contributed by atoms with Gasteiger partial charge in [0.2, 0.25) is 10.0 Å². The van der Waals surface area contributed by atoms with Gasteiger partial charge in [-0.2, -0.15) is 4.31 Å². The van der Waals surface area contributed by atoms with Crippen LogP contribution in [0.5, 0.6) is 0 Å². The molecule has 0 radical (unpaired) electrons. The smallest absolute Gasteiger partial charge is 0.255 e. The third-order valence-electron chi connectivity index (χ3n) is 5.19. The van der Waals surface area contributed by atoms with Gasteiger partial charge >= 0.3 is 0 Å². The van der Waals surface area contributed by atoms with E-state index < -0.39 is 10.0 Å². The predicted molar refractivity (Wildman–Crippen MR) is 114 cm³/mol. The summed E-state index contributed by atoms with van der Waals surface area (Å²) >= 11 is 1.59. The van der Waals surface area contributed by atoms with E-state index in [0.29, 0.717) is 11.3 Å². The number of hydrogen-bond donors (Lipinski definition) is 1. The molecule has 2 aromatic rings. The number of rotatable bonds is 6. The van der Waals surface area contributed by atoms with Crippen LogP contribution in [0.3, 0.4) is 0 Å². The molecule has 5 nitrogen and oxygen atoms in total. The molecule has 3 rings (SSSR count). The van der Waals surface area contributed by atoms with Crippen LogP contribution in [0.2, 0.25) is 0 Å². The normalized spacial score (nSPS) is 15.5. The van der Waals surface area contributed by atoms with E-state index in [1.54, 1.807) is 37.0 Å². The van der Waals surface area contributed by atoms with Gasteiger partial charge in [-0.1, -0.05) is 31.4 Å². The molecule has 1 fully saturated rings. The highest BCUT2D eigenvalue weighted by Gasteiger charge is 2.29. The van der Waals surface area contributed by atoms with Gasteiger partial charge in [-0.25, -0.2) is 8.42 Å². The molecule has 28 heavy (non-hydrogen) atoms. The highest BCUT2D eigenvalue weighted by molar-refractivity contribution is 7.98. The zero-order valence-corrected chi connectivity index (χ0v) is 17.9. The fraction of sp³-hybridized carbons (Fsp3) is 0.381. The highest BCUT2D eigenvalue weighted by Crippen LogP contribution is 2.27. The number of hydrogen-bond acceptors (Lipinski definition) is 4. The third kappa shape index (κ3) is 4.77. The first-order chi connectivity index (χ1) is 13.4. The molecule has 0 aliphatic heterocycles. The van der Waals surface area contributed by atoms with Crippen LogP contribution < -0.4 is 5.32 Å². The van der Waals surface area contributed by atoms with Crippen molar-refractivity contribution in [1.29, 1.82) is 0 Å². The first-order valence-corrected chi connectivity index (χ1v) is 12.1. The second-order valence-electron chi connectivity index (χ2n) is 7.03. The van der Waals surface area contributed by atoms with E-state index in [2.05, 4.69) is 5.32 Å². The third-order valence-corrected chi connectivity index (χ3v) is 7.82. The van der Waals surface area contributed by atoms with Crippen molar-refractivity contribution in [2.75, 3.05) is 18.6 Å². The Morgan fingerprint density at radius 2 is 1.79 bits per heavy atom. The molecule has 1 N–H and O–H groups in total. The lowest BCUT2D eigenvalue weighted by molar-refractivity contribution is 0.102. The van der Waals surface area contributed by atoms with Crippen molar-refractivity contribution in [1.82, 2.24) is 4.31 Å². The molecule has 1 aliphatic rings. The van der Waals surface area contributed by atoms with Crippen LogP contribution in [0.1, 0.15) is 42.5 Å². The first kappa shape index (κ1) is 20.9. The number of thioether (sulfide) groups is 1. The summed E-state index contributed by atoms with van der Waals surface area (Å²) in [4.78, 5) is 13.8. The van der Waals surface area contributed by atoms with Crippen LogP contribution in [0.25, 0.3) is 0 Å². The number of carbonyl (C=O) groups is 1. The molecule has 0 aromatic heterocycles. The molecule has 0 heterocycles. The monoisotopic (exact) mass is 418 g/mol. The second kappa shape index (κ2) is 9.11. The summed E-state index contributed by atoms with van der Waals surface area (Å²) in [6.07, 6.45) is 7.03. The van der Waals surface area contributed by atoms with Gasteiger partial charge in [0.1, 0.15) is 0 Å². The van der Waals surface area contributed by atoms with Crippen LogP contribution in [0.4, 0.5) is 5.69 Å². The lowest BCUT2D eigenvalue weighted by Crippen LogP contribution is -2.38. The van der Waals surface area contributed by atoms with Crippen molar-refractivity contribution in [3.8, 4) is 0 Å². The Labute approximate surface area is 171 Å². The van der Waals surface area contributed by atoms with Gasteiger partial charge in [0.15, 0.2) is 0 Å². The Hall–Kier alpha value is -1.83. The van der Waals surface area contributed by atoms with E-state index >= 15 is 0 Å². The minimum absolute atomic E-state index is 0.0329. The molecular formula is C21H26N2O3S2. The number of sulfonamides is 1. The average molecular weight is 419 g/mol. The Bertz CT molecular complexity index is 938. The molecule has 0 spiro atoms. The van der Waals surface area contributed by atoms with Gasteiger partial charge in [0.25, 0.3) is 5.91 Å². The SMILES string of the molecule is CSc1cccc(NC(=O)c2cccc(S(=O)(=O)N(C)C3CCCCC3)c2)c1. The van der Waals surface area contributed by atoms with Crippen molar-refractivity contribution < 1.29 is 13.2 Å². The van der Waals surface area contributed by atoms with Crippen molar-refractivity contribution in [2.24, 2.45) is 0 Å². The number of benzene rings is 2. The fourth-order valence-electron chi connectivity index (χ4n) is 3.51. The van der Waals surface area contributed by atoms with E-state index in [9.17, 15) is 13.2 Å². The fourth-order valence-corrected chi connectivity index (χ4v) is 5.43. The van der Waals surface area contributed by atoms with Crippen molar-refractivity contribution >= 4 is 33.4 Å². The zero-order chi connectivity index (χ0) is 20.1. The summed E-state index contributed by atoms with van der Waals surface area (Å²) in [6, 6.07) is 13.8. The van der Waals surface area contributed by atoms with Gasteiger partial charge < -0.3 is 5.32 Å². The lowest BCUT2D eigenvalue weighted by Gasteiger charge is -2.30. The van der Waals surface area contributed by atoms with E-state index in [0.717, 1.165) is 37.0 Å². The Morgan fingerprint density at radius 1 is 1.07 bits per heavy atom. The maximum absolute atomic E-state index is 13.0. The van der Waals surface area contributed by atoms with Crippen LogP contribution in [0.15, 0.2) is 58.3 Å². The van der Waals surface area contributed by atoms with Gasteiger partial charge in [-0.05, 0) is 55.5 Å². The number of carbonyl (C=O) groups excluding carboxylic acids is 1. The molecule has 0 atom stereocenters. The van der Waals surface area contributed by atoms with Crippen LogP contribution >= 0.6 is 11.8 Å². The molecule has 0 unspecified atom stereocenters. The van der Waals surface area contributed by atoms with E-state index in [-0.39, 0.29) is 16.8 Å². The van der Waals surface area contributed by atoms with Crippen LogP contribution in [-0.4, -0.2) is 38.0 Å². The topological polar surface area (TPSA) is 66.5 Å². The number of nitrogens with zero attached hydrogens (tertiary/aromatic N) is 1. The molecule has 1 amide bonds. The minimum Gasteiger partial charge on any atom is -0.322 e. The molecule has 0 bridgehead atoms. The Kier molecular flexibility index (Phi) is 6.80. The summed E-state index contributed by atoms with van der Waals surface area (Å²) in [5.41, 5.74) is 1.01. The van der Waals surface area contributed by atoms with Crippen molar-refractivity contribution in [2.45, 2.75) is 47.9 Å². The molecule has 0 saturated heterocycles. The summed E-state index contributed by atoms with van der Waals surface area (Å²) in [5, 5.41) is 2.84. The molecule has 2 aromatic carbocycles. The van der Waals surface area contributed by atoms with Gasteiger partial charge in [-0.3, -0.25) is 4.79 Å². The highest BCUT2D eigenvalue weighted by atomic mass is 32.2. The van der Waals surface area contributed by atoms with E-state index in [1.165, 1.54) is 10.4 Å². The summed E-state index contributed by atoms with van der Waals surface area (Å²) in [6.45, 7) is 0. The van der Waals surface area contributed by atoms with Gasteiger partial charge in [-0.15, -0.1) is 11.8 Å². The zero-order valence-electron chi connectivity index (χ0n) is 16.2. The first-order valence-electron chi connectivity index (χ1n) is 9.45. The number of anilines is 1. The molecule has 7 heteroatoms. The van der Waals surface area contributed by atoms with Crippen LogP contribution in [-0.2, 0) is 10.0 Å². The maximum atomic E-state index is 13.0. The number of amides is 1. The standard InChI is InChI=1S/C21H26N2O3S2/c1-23(18-10-4-3-5-11-18)28(25,26)20-13-6-8-16(14-20)21(24)22-17-9-7-12-19(15-17)27-2/h6-9,12-15,18H,3-5,10-11H2,1-2H3,(H,22,24). The minimum atomic E-state index is -3.63. The summed E-state index contributed by atoms with van der Waals surface area (Å²) in [7, 11) is -1.98. The summed E-state index contributed by atoms with van der Waals surface area (Å²) in [5.74, 6) is -0.323. The number of nitrogens with one attached hydrogen (secondary N) is 1. The quantitative estimate of drug-likeness (QED) is 0.696. The summed E-state index contributed by atoms with van der Waals surface area (Å²) < 4.78 is 27.6. The van der Waals surface area contributed by atoms with E-state index in [4.69, 9.17) is 0 Å². The lowest BCUT2D eigenvalue weighted by atomic mass is 9.96. The maximum Gasteiger partial charge on any atom is 0.255 e. The second-order valence-corrected chi connectivity index (χ2v) is 9.90. The predicted octanol–water partition coefficient (Wildman–Crippen LogP) is 4.61. The molecular weight excluding hydrogens is 392 g/mol. The van der Waals surface area contributed by atoms with Crippen molar-refractivity contribution in [3.63, 3.8) is 0 Å². The Morgan fingerprint density at radius 3 is 2.50 bits per heavy atom. The van der Waals surface area contributed by atoms with Gasteiger partial charge in [0, 0.05) is 29.2 Å². The van der Waals surface area contributed by atoms with E-state index in [1.807, 2.05) is 30.5 Å². The van der Waals surface area contributed by atoms with Crippen LogP contribution in [0, 0.1) is 0 Å². The average Bonchev–Trinajstić information content (AvgIpc) is 2.74. The van der Waals surface area contributed by atoms with Crippen molar-refractivity contribution in [3.05, 3.63) is 54.1 Å². The molecule has 1 aliphatic carbocycles. The Balaban J connectivity index is 1.79.